The summed E-state index contributed by atoms with van der Waals surface area (Å²) in [6.45, 7) is 3.00. The second kappa shape index (κ2) is 8.08. The summed E-state index contributed by atoms with van der Waals surface area (Å²) in [4.78, 5) is 0.0541. The molecule has 3 rings (SSSR count). The Bertz CT molecular complexity index is 1040. The lowest BCUT2D eigenvalue weighted by Crippen LogP contribution is -2.40. The summed E-state index contributed by atoms with van der Waals surface area (Å²) in [7, 11) is -6.30. The van der Waals surface area contributed by atoms with Gasteiger partial charge in [-0.05, 0) is 37.3 Å². The van der Waals surface area contributed by atoms with Gasteiger partial charge in [0.1, 0.15) is 5.75 Å². The first-order chi connectivity index (χ1) is 13.2. The van der Waals surface area contributed by atoms with Crippen LogP contribution in [0.3, 0.4) is 0 Å². The number of nitrogens with one attached hydrogen (secondary N) is 1. The maximum Gasteiger partial charge on any atom is 0.262 e. The van der Waals surface area contributed by atoms with Gasteiger partial charge in [-0.15, -0.1) is 0 Å². The van der Waals surface area contributed by atoms with Gasteiger partial charge in [0.25, 0.3) is 10.0 Å². The molecule has 0 aromatic heterocycles. The number of sulfonamides is 2. The molecule has 8 nitrogen and oxygen atoms in total. The minimum absolute atomic E-state index is 0.0168. The topological polar surface area (TPSA) is 102 Å². The van der Waals surface area contributed by atoms with Crippen LogP contribution < -0.4 is 9.46 Å². The van der Waals surface area contributed by atoms with E-state index in [0.717, 1.165) is 5.56 Å². The van der Waals surface area contributed by atoms with Crippen LogP contribution in [0.15, 0.2) is 52.3 Å². The van der Waals surface area contributed by atoms with Crippen molar-refractivity contribution >= 4 is 25.7 Å². The van der Waals surface area contributed by atoms with E-state index in [4.69, 9.17) is 9.47 Å². The average molecular weight is 427 g/mol. The van der Waals surface area contributed by atoms with Gasteiger partial charge in [-0.1, -0.05) is 17.7 Å². The summed E-state index contributed by atoms with van der Waals surface area (Å²) in [5.41, 5.74) is 0.979. The Morgan fingerprint density at radius 1 is 0.964 bits per heavy atom. The summed E-state index contributed by atoms with van der Waals surface area (Å²) in [5, 5.41) is 0. The van der Waals surface area contributed by atoms with Gasteiger partial charge in [0.05, 0.1) is 35.8 Å². The van der Waals surface area contributed by atoms with E-state index >= 15 is 0 Å². The molecule has 0 atom stereocenters. The number of methoxy groups -OCH3 is 1. The highest BCUT2D eigenvalue weighted by molar-refractivity contribution is 7.92. The van der Waals surface area contributed by atoms with Crippen molar-refractivity contribution in [3.63, 3.8) is 0 Å². The van der Waals surface area contributed by atoms with Crippen LogP contribution in [0.4, 0.5) is 5.69 Å². The van der Waals surface area contributed by atoms with Crippen LogP contribution in [0.5, 0.6) is 5.75 Å². The zero-order valence-corrected chi connectivity index (χ0v) is 17.2. The fraction of sp³-hybridized carbons (Fsp3) is 0.333. The maximum atomic E-state index is 12.9. The Morgan fingerprint density at radius 3 is 2.18 bits per heavy atom. The van der Waals surface area contributed by atoms with E-state index in [1.807, 2.05) is 6.92 Å². The average Bonchev–Trinajstić information content (AvgIpc) is 2.68. The van der Waals surface area contributed by atoms with Crippen molar-refractivity contribution in [2.75, 3.05) is 38.1 Å². The molecule has 1 saturated heterocycles. The molecule has 2 aromatic rings. The summed E-state index contributed by atoms with van der Waals surface area (Å²) in [6.07, 6.45) is 0. The minimum atomic E-state index is -3.91. The molecule has 1 fully saturated rings. The maximum absolute atomic E-state index is 12.9. The van der Waals surface area contributed by atoms with Gasteiger partial charge in [0.15, 0.2) is 0 Å². The summed E-state index contributed by atoms with van der Waals surface area (Å²) in [6, 6.07) is 10.4. The number of nitrogens with zero attached hydrogens (tertiary/aromatic N) is 1. The second-order valence-corrected chi connectivity index (χ2v) is 9.92. The van der Waals surface area contributed by atoms with Gasteiger partial charge in [0, 0.05) is 13.1 Å². The van der Waals surface area contributed by atoms with Crippen molar-refractivity contribution < 1.29 is 26.3 Å². The molecule has 0 spiro atoms. The number of ether oxygens (including phenoxy) is 2. The van der Waals surface area contributed by atoms with Crippen molar-refractivity contribution in [2.45, 2.75) is 16.7 Å². The first kappa shape index (κ1) is 20.6. The summed E-state index contributed by atoms with van der Waals surface area (Å²) >= 11 is 0. The van der Waals surface area contributed by atoms with Crippen molar-refractivity contribution in [3.8, 4) is 5.75 Å². The van der Waals surface area contributed by atoms with Gasteiger partial charge < -0.3 is 9.47 Å². The molecule has 0 aliphatic carbocycles. The van der Waals surface area contributed by atoms with Gasteiger partial charge in [-0.2, -0.15) is 4.31 Å². The van der Waals surface area contributed by atoms with E-state index in [-0.39, 0.29) is 34.3 Å². The van der Waals surface area contributed by atoms with Crippen LogP contribution in [0.2, 0.25) is 0 Å². The van der Waals surface area contributed by atoms with E-state index < -0.39 is 20.0 Å². The van der Waals surface area contributed by atoms with Crippen molar-refractivity contribution in [3.05, 3.63) is 48.0 Å². The highest BCUT2D eigenvalue weighted by Crippen LogP contribution is 2.31. The van der Waals surface area contributed by atoms with E-state index in [2.05, 4.69) is 4.72 Å². The van der Waals surface area contributed by atoms with Crippen molar-refractivity contribution in [1.82, 2.24) is 4.31 Å². The highest BCUT2D eigenvalue weighted by Gasteiger charge is 2.28. The van der Waals surface area contributed by atoms with Crippen LogP contribution >= 0.6 is 0 Å². The lowest BCUT2D eigenvalue weighted by Gasteiger charge is -2.26. The van der Waals surface area contributed by atoms with Gasteiger partial charge in [-0.3, -0.25) is 4.72 Å². The number of anilines is 1. The van der Waals surface area contributed by atoms with Gasteiger partial charge in [-0.25, -0.2) is 16.8 Å². The molecule has 152 valence electrons. The molecule has 0 amide bonds. The van der Waals surface area contributed by atoms with Crippen LogP contribution in [-0.2, 0) is 24.8 Å². The standard InChI is InChI=1S/C18H22N2O6S2/c1-14-3-5-15(6-4-14)27(21,22)19-17-13-16(7-8-18(17)25-2)28(23,24)20-9-11-26-12-10-20/h3-8,13,19H,9-12H2,1-2H3. The number of aryl methyl sites for hydroxylation is 1. The Hall–Kier alpha value is -2.14. The number of hydrogen-bond donors (Lipinski definition) is 1. The predicted octanol–water partition coefficient (Wildman–Crippen LogP) is 1.83. The minimum Gasteiger partial charge on any atom is -0.495 e. The molecular weight excluding hydrogens is 404 g/mol. The van der Waals surface area contributed by atoms with E-state index in [1.165, 1.54) is 41.7 Å². The Labute approximate surface area is 165 Å². The number of hydrogen-bond acceptors (Lipinski definition) is 6. The van der Waals surface area contributed by atoms with Crippen molar-refractivity contribution in [2.24, 2.45) is 0 Å². The normalized spacial score (nSPS) is 15.9. The quantitative estimate of drug-likeness (QED) is 0.756. The molecule has 28 heavy (non-hydrogen) atoms. The highest BCUT2D eigenvalue weighted by atomic mass is 32.2. The fourth-order valence-corrected chi connectivity index (χ4v) is 5.28. The first-order valence-corrected chi connectivity index (χ1v) is 11.5. The van der Waals surface area contributed by atoms with E-state index in [0.29, 0.717) is 13.2 Å². The molecule has 0 radical (unpaired) electrons. The molecule has 0 bridgehead atoms. The molecule has 1 aliphatic heterocycles. The van der Waals surface area contributed by atoms with E-state index in [9.17, 15) is 16.8 Å². The summed E-state index contributed by atoms with van der Waals surface area (Å²) < 4.78 is 65.3. The zero-order valence-electron chi connectivity index (χ0n) is 15.6. The van der Waals surface area contributed by atoms with Crippen LogP contribution in [0.25, 0.3) is 0 Å². The van der Waals surface area contributed by atoms with Gasteiger partial charge >= 0.3 is 0 Å². The van der Waals surface area contributed by atoms with Crippen molar-refractivity contribution in [1.29, 1.82) is 0 Å². The number of rotatable bonds is 6. The SMILES string of the molecule is COc1ccc(S(=O)(=O)N2CCOCC2)cc1NS(=O)(=O)c1ccc(C)cc1. The molecule has 1 aliphatic rings. The van der Waals surface area contributed by atoms with Crippen LogP contribution in [0, 0.1) is 6.92 Å². The van der Waals surface area contributed by atoms with Crippen LogP contribution in [-0.4, -0.2) is 54.6 Å². The first-order valence-electron chi connectivity index (χ1n) is 8.59. The number of benzene rings is 2. The smallest absolute Gasteiger partial charge is 0.262 e. The lowest BCUT2D eigenvalue weighted by atomic mass is 10.2. The molecule has 0 unspecified atom stereocenters. The third-order valence-electron chi connectivity index (χ3n) is 4.35. The molecule has 10 heteroatoms. The lowest BCUT2D eigenvalue weighted by molar-refractivity contribution is 0.0730. The number of morpholine rings is 1. The Balaban J connectivity index is 1.96. The Morgan fingerprint density at radius 2 is 1.57 bits per heavy atom. The largest absolute Gasteiger partial charge is 0.495 e. The Kier molecular flexibility index (Phi) is 5.94. The van der Waals surface area contributed by atoms with Gasteiger partial charge in [0.2, 0.25) is 10.0 Å². The molecule has 0 saturated carbocycles. The monoisotopic (exact) mass is 426 g/mol. The molecule has 1 heterocycles. The van der Waals surface area contributed by atoms with E-state index in [1.54, 1.807) is 12.1 Å². The summed E-state index contributed by atoms with van der Waals surface area (Å²) in [5.74, 6) is 0.219. The second-order valence-electron chi connectivity index (χ2n) is 6.30. The third-order valence-corrected chi connectivity index (χ3v) is 7.63. The fourth-order valence-electron chi connectivity index (χ4n) is 2.78. The van der Waals surface area contributed by atoms with Crippen LogP contribution in [0.1, 0.15) is 5.56 Å². The third kappa shape index (κ3) is 4.30. The predicted molar refractivity (Wildman–Crippen MR) is 105 cm³/mol. The molecular formula is C18H22N2O6S2. The molecule has 1 N–H and O–H groups in total. The molecule has 2 aromatic carbocycles. The zero-order chi connectivity index (χ0) is 20.4.